The molecule has 0 saturated heterocycles. The molecule has 0 aliphatic carbocycles. The lowest BCUT2D eigenvalue weighted by Gasteiger charge is -2.16. The van der Waals surface area contributed by atoms with Crippen LogP contribution in [0.5, 0.6) is 0 Å². The quantitative estimate of drug-likeness (QED) is 0.356. The molecule has 5 rings (SSSR count). The number of imidazole rings is 1. The molecule has 0 fully saturated rings. The Kier molecular flexibility index (Phi) is 3.45. The number of nitrogens with zero attached hydrogens (tertiary/aromatic N) is 3. The number of aromatic nitrogens is 3. The van der Waals surface area contributed by atoms with Crippen LogP contribution in [0.4, 0.5) is 0 Å². The summed E-state index contributed by atoms with van der Waals surface area (Å²) in [7, 11) is 2.05. The lowest BCUT2D eigenvalue weighted by Crippen LogP contribution is -2.12. The maximum Gasteiger partial charge on any atom is 0.227 e. The fourth-order valence-electron chi connectivity index (χ4n) is 3.91. The molecule has 0 unspecified atom stereocenters. The summed E-state index contributed by atoms with van der Waals surface area (Å²) in [6.07, 6.45) is 0. The third kappa shape index (κ3) is 2.37. The minimum absolute atomic E-state index is 0.0254. The first-order chi connectivity index (χ1) is 13.3. The van der Waals surface area contributed by atoms with Crippen molar-refractivity contribution in [2.45, 2.75) is 33.1 Å². The number of furan rings is 1. The molecule has 2 aromatic carbocycles. The lowest BCUT2D eigenvalue weighted by atomic mass is 9.91. The van der Waals surface area contributed by atoms with Gasteiger partial charge in [-0.3, -0.25) is 0 Å². The Labute approximate surface area is 163 Å². The number of rotatable bonds is 1. The van der Waals surface area contributed by atoms with Crippen LogP contribution in [0.25, 0.3) is 44.5 Å². The first kappa shape index (κ1) is 17.0. The molecule has 28 heavy (non-hydrogen) atoms. The van der Waals surface area contributed by atoms with Crippen LogP contribution in [-0.2, 0) is 12.5 Å². The summed E-state index contributed by atoms with van der Waals surface area (Å²) < 4.78 is 8.47. The standard InChI is InChI=1S/C24H23N3O/c1-14-10-11-16(22-25-17-8-6-7-9-18(17)27(22)5)21-20(14)15-12-13-19(24(2,3)4)26-23(15)28-21/h6-13H,1-5H3. The van der Waals surface area contributed by atoms with Crippen LogP contribution in [0, 0.1) is 6.92 Å². The number of hydrogen-bond acceptors (Lipinski definition) is 3. The van der Waals surface area contributed by atoms with E-state index in [0.29, 0.717) is 5.71 Å². The van der Waals surface area contributed by atoms with Crippen LogP contribution in [-0.4, -0.2) is 14.5 Å². The van der Waals surface area contributed by atoms with Crippen LogP contribution < -0.4 is 0 Å². The van der Waals surface area contributed by atoms with E-state index in [4.69, 9.17) is 14.4 Å². The van der Waals surface area contributed by atoms with Crippen LogP contribution in [0.1, 0.15) is 32.0 Å². The average Bonchev–Trinajstić information content (AvgIpc) is 3.20. The Balaban J connectivity index is 1.85. The summed E-state index contributed by atoms with van der Waals surface area (Å²) >= 11 is 0. The number of para-hydroxylation sites is 2. The highest BCUT2D eigenvalue weighted by Gasteiger charge is 2.21. The van der Waals surface area contributed by atoms with Crippen LogP contribution in [0.3, 0.4) is 0 Å². The third-order valence-corrected chi connectivity index (χ3v) is 5.49. The minimum atomic E-state index is -0.0254. The first-order valence-corrected chi connectivity index (χ1v) is 9.60. The normalized spacial score (nSPS) is 12.5. The molecule has 0 amide bonds. The second kappa shape index (κ2) is 5.68. The van der Waals surface area contributed by atoms with Crippen LogP contribution in [0.2, 0.25) is 0 Å². The van der Waals surface area contributed by atoms with Gasteiger partial charge in [0.05, 0.1) is 16.6 Å². The van der Waals surface area contributed by atoms with Gasteiger partial charge in [-0.25, -0.2) is 9.97 Å². The fraction of sp³-hybridized carbons (Fsp3) is 0.250. The molecule has 3 aromatic heterocycles. The molecule has 5 aromatic rings. The van der Waals surface area contributed by atoms with E-state index in [1.54, 1.807) is 0 Å². The molecular weight excluding hydrogens is 346 g/mol. The molecule has 0 bridgehead atoms. The van der Waals surface area contributed by atoms with E-state index < -0.39 is 0 Å². The van der Waals surface area contributed by atoms with Gasteiger partial charge < -0.3 is 8.98 Å². The van der Waals surface area contributed by atoms with Gasteiger partial charge in [-0.1, -0.05) is 39.0 Å². The van der Waals surface area contributed by atoms with E-state index in [0.717, 1.165) is 44.5 Å². The first-order valence-electron chi connectivity index (χ1n) is 9.60. The largest absolute Gasteiger partial charge is 0.437 e. The van der Waals surface area contributed by atoms with Gasteiger partial charge in [0.2, 0.25) is 5.71 Å². The molecule has 4 heteroatoms. The summed E-state index contributed by atoms with van der Waals surface area (Å²) in [5.74, 6) is 0.904. The van der Waals surface area contributed by atoms with Gasteiger partial charge in [0.25, 0.3) is 0 Å². The highest BCUT2D eigenvalue weighted by molar-refractivity contribution is 6.10. The Morgan fingerprint density at radius 2 is 1.71 bits per heavy atom. The van der Waals surface area contributed by atoms with E-state index in [1.807, 2.05) is 18.2 Å². The van der Waals surface area contributed by atoms with Crippen molar-refractivity contribution in [1.29, 1.82) is 0 Å². The summed E-state index contributed by atoms with van der Waals surface area (Å²) in [6.45, 7) is 8.62. The van der Waals surface area contributed by atoms with Gasteiger partial charge in [-0.15, -0.1) is 0 Å². The fourth-order valence-corrected chi connectivity index (χ4v) is 3.91. The van der Waals surface area contributed by atoms with Crippen molar-refractivity contribution in [2.75, 3.05) is 0 Å². The Hall–Kier alpha value is -3.14. The molecule has 0 spiro atoms. The second-order valence-corrected chi connectivity index (χ2v) is 8.52. The number of aryl methyl sites for hydroxylation is 2. The van der Waals surface area contributed by atoms with Crippen molar-refractivity contribution >= 4 is 33.1 Å². The van der Waals surface area contributed by atoms with Crippen molar-refractivity contribution in [1.82, 2.24) is 14.5 Å². The molecule has 0 saturated carbocycles. The lowest BCUT2D eigenvalue weighted by molar-refractivity contribution is 0.562. The number of hydrogen-bond donors (Lipinski definition) is 0. The average molecular weight is 369 g/mol. The van der Waals surface area contributed by atoms with Gasteiger partial charge in [-0.2, -0.15) is 0 Å². The number of pyridine rings is 1. The smallest absolute Gasteiger partial charge is 0.227 e. The zero-order valence-corrected chi connectivity index (χ0v) is 16.9. The molecule has 3 heterocycles. The van der Waals surface area contributed by atoms with Crippen molar-refractivity contribution in [3.05, 3.63) is 59.8 Å². The van der Waals surface area contributed by atoms with Crippen molar-refractivity contribution in [3.63, 3.8) is 0 Å². The van der Waals surface area contributed by atoms with Crippen LogP contribution in [0.15, 0.2) is 52.9 Å². The van der Waals surface area contributed by atoms with Gasteiger partial charge in [0, 0.05) is 28.9 Å². The Morgan fingerprint density at radius 3 is 2.46 bits per heavy atom. The van der Waals surface area contributed by atoms with Gasteiger partial charge in [0.1, 0.15) is 11.4 Å². The Morgan fingerprint density at radius 1 is 0.929 bits per heavy atom. The summed E-state index contributed by atoms with van der Waals surface area (Å²) in [6, 6.07) is 16.7. The molecule has 0 radical (unpaired) electrons. The van der Waals surface area contributed by atoms with Gasteiger partial charge in [0.15, 0.2) is 0 Å². The van der Waals surface area contributed by atoms with E-state index in [1.165, 1.54) is 5.56 Å². The zero-order valence-electron chi connectivity index (χ0n) is 16.9. The second-order valence-electron chi connectivity index (χ2n) is 8.52. The predicted molar refractivity (Wildman–Crippen MR) is 115 cm³/mol. The van der Waals surface area contributed by atoms with Gasteiger partial charge in [-0.05, 0) is 42.8 Å². The molecule has 140 valence electrons. The highest BCUT2D eigenvalue weighted by Crippen LogP contribution is 2.38. The van der Waals surface area contributed by atoms with E-state index >= 15 is 0 Å². The van der Waals surface area contributed by atoms with Gasteiger partial charge >= 0.3 is 0 Å². The molecule has 0 aliphatic heterocycles. The topological polar surface area (TPSA) is 43.9 Å². The number of benzene rings is 2. The summed E-state index contributed by atoms with van der Waals surface area (Å²) in [5, 5.41) is 2.17. The van der Waals surface area contributed by atoms with E-state index in [-0.39, 0.29) is 5.41 Å². The SMILES string of the molecule is Cc1ccc(-c2nc3ccccc3n2C)c2oc3nc(C(C)(C)C)ccc3c12. The van der Waals surface area contributed by atoms with Crippen LogP contribution >= 0.6 is 0 Å². The van der Waals surface area contributed by atoms with E-state index in [9.17, 15) is 0 Å². The zero-order chi connectivity index (χ0) is 19.6. The minimum Gasteiger partial charge on any atom is -0.437 e. The summed E-state index contributed by atoms with van der Waals surface area (Å²) in [4.78, 5) is 9.70. The molecule has 0 aliphatic rings. The Bertz CT molecular complexity index is 1370. The van der Waals surface area contributed by atoms with Crippen molar-refractivity contribution in [3.8, 4) is 11.4 Å². The predicted octanol–water partition coefficient (Wildman–Crippen LogP) is 6.14. The molecule has 0 N–H and O–H groups in total. The summed E-state index contributed by atoms with van der Waals surface area (Å²) in [5.41, 5.74) is 6.82. The third-order valence-electron chi connectivity index (χ3n) is 5.49. The molecule has 4 nitrogen and oxygen atoms in total. The van der Waals surface area contributed by atoms with Crippen molar-refractivity contribution in [2.24, 2.45) is 7.05 Å². The molecular formula is C24H23N3O. The maximum absolute atomic E-state index is 6.34. The monoisotopic (exact) mass is 369 g/mol. The highest BCUT2D eigenvalue weighted by atomic mass is 16.3. The maximum atomic E-state index is 6.34. The van der Waals surface area contributed by atoms with Crippen molar-refractivity contribution < 1.29 is 4.42 Å². The molecule has 0 atom stereocenters. The number of fused-ring (bicyclic) bond motifs is 4. The van der Waals surface area contributed by atoms with E-state index in [2.05, 4.69) is 69.6 Å².